The van der Waals surface area contributed by atoms with Crippen molar-refractivity contribution in [2.75, 3.05) is 6.61 Å². The Labute approximate surface area is 145 Å². The van der Waals surface area contributed by atoms with E-state index in [0.717, 1.165) is 9.85 Å². The number of ether oxygens (including phenoxy) is 1. The number of hydrogen-bond donors (Lipinski definition) is 0. The molecule has 0 N–H and O–H groups in total. The van der Waals surface area contributed by atoms with Crippen molar-refractivity contribution >= 4 is 52.4 Å². The Kier molecular flexibility index (Phi) is 4.97. The van der Waals surface area contributed by atoms with E-state index in [1.165, 1.54) is 4.46 Å². The van der Waals surface area contributed by atoms with Gasteiger partial charge in [-0.25, -0.2) is 0 Å². The molecule has 5 heteroatoms. The van der Waals surface area contributed by atoms with Crippen LogP contribution in [0.2, 0.25) is 5.02 Å². The molecule has 0 fully saturated rings. The van der Waals surface area contributed by atoms with Crippen LogP contribution in [0, 0.1) is 0 Å². The van der Waals surface area contributed by atoms with Crippen LogP contribution in [0.5, 0.6) is 0 Å². The predicted molar refractivity (Wildman–Crippen MR) is 94.2 cm³/mol. The van der Waals surface area contributed by atoms with Crippen LogP contribution in [-0.4, -0.2) is 32.5 Å². The number of pyridine rings is 1. The van der Waals surface area contributed by atoms with E-state index in [0.29, 0.717) is 22.8 Å². The molecule has 1 heterocycles. The van der Waals surface area contributed by atoms with Crippen molar-refractivity contribution in [2.24, 2.45) is 0 Å². The molecule has 1 aromatic heterocycles. The fourth-order valence-corrected chi connectivity index (χ4v) is 4.49. The van der Waals surface area contributed by atoms with Gasteiger partial charge in [0.25, 0.3) is 0 Å². The van der Waals surface area contributed by atoms with Gasteiger partial charge in [0.05, 0.1) is 0 Å². The number of nitrogens with zero attached hydrogens (tertiary/aromatic N) is 1. The van der Waals surface area contributed by atoms with Gasteiger partial charge >= 0.3 is 146 Å². The minimum absolute atomic E-state index is 0.0500. The number of halogens is 1. The summed E-state index contributed by atoms with van der Waals surface area (Å²) in [5.41, 5.74) is 0.952. The van der Waals surface area contributed by atoms with Crippen molar-refractivity contribution in [3.63, 3.8) is 0 Å². The molecule has 0 radical (unpaired) electrons. The third-order valence-electron chi connectivity index (χ3n) is 3.21. The van der Waals surface area contributed by atoms with Crippen LogP contribution in [0.25, 0.3) is 10.9 Å². The van der Waals surface area contributed by atoms with Crippen molar-refractivity contribution in [3.05, 3.63) is 65.3 Å². The number of hydrogen-bond acceptors (Lipinski definition) is 3. The first-order valence-corrected chi connectivity index (χ1v) is 9.27. The number of benzene rings is 2. The molecule has 0 aliphatic heterocycles. The van der Waals surface area contributed by atoms with Crippen molar-refractivity contribution in [1.29, 1.82) is 0 Å². The molecule has 3 aromatic rings. The second-order valence-corrected chi connectivity index (χ2v) is 7.52. The van der Waals surface area contributed by atoms with Gasteiger partial charge in [0.1, 0.15) is 0 Å². The SMILES string of the molecule is CCOC(=O)c1cc([Se]c2ccccc2)c2cccc(Cl)c2n1. The molecule has 3 nitrogen and oxygen atoms in total. The summed E-state index contributed by atoms with van der Waals surface area (Å²) in [6.07, 6.45) is 0. The number of fused-ring (bicyclic) bond motifs is 1. The van der Waals surface area contributed by atoms with E-state index in [1.807, 2.05) is 36.4 Å². The number of para-hydroxylation sites is 1. The summed E-state index contributed by atoms with van der Waals surface area (Å²) in [5, 5.41) is 1.52. The van der Waals surface area contributed by atoms with E-state index in [2.05, 4.69) is 17.1 Å². The zero-order chi connectivity index (χ0) is 16.2. The van der Waals surface area contributed by atoms with Gasteiger partial charge in [0.2, 0.25) is 0 Å². The number of esters is 1. The Morgan fingerprint density at radius 3 is 2.70 bits per heavy atom. The van der Waals surface area contributed by atoms with Gasteiger partial charge in [-0.15, -0.1) is 0 Å². The third-order valence-corrected chi connectivity index (χ3v) is 5.75. The van der Waals surface area contributed by atoms with Crippen molar-refractivity contribution < 1.29 is 9.53 Å². The van der Waals surface area contributed by atoms with E-state index in [9.17, 15) is 4.79 Å². The molecule has 3 rings (SSSR count). The molecule has 0 amide bonds. The van der Waals surface area contributed by atoms with E-state index in [-0.39, 0.29) is 15.0 Å². The van der Waals surface area contributed by atoms with Gasteiger partial charge in [-0.2, -0.15) is 0 Å². The van der Waals surface area contributed by atoms with Crippen molar-refractivity contribution in [3.8, 4) is 0 Å². The van der Waals surface area contributed by atoms with Crippen LogP contribution < -0.4 is 8.92 Å². The Balaban J connectivity index is 2.14. The maximum absolute atomic E-state index is 12.1. The fourth-order valence-electron chi connectivity index (χ4n) is 2.19. The first-order chi connectivity index (χ1) is 11.2. The average Bonchev–Trinajstić information content (AvgIpc) is 2.56. The summed E-state index contributed by atoms with van der Waals surface area (Å²) in [6, 6.07) is 17.7. The van der Waals surface area contributed by atoms with E-state index < -0.39 is 5.97 Å². The van der Waals surface area contributed by atoms with Crippen LogP contribution in [0.15, 0.2) is 54.6 Å². The normalized spacial score (nSPS) is 10.7. The topological polar surface area (TPSA) is 39.2 Å². The van der Waals surface area contributed by atoms with Gasteiger partial charge in [-0.3, -0.25) is 0 Å². The first-order valence-electron chi connectivity index (χ1n) is 7.18. The third kappa shape index (κ3) is 3.56. The summed E-state index contributed by atoms with van der Waals surface area (Å²) < 4.78 is 7.38. The molecule has 0 aliphatic rings. The maximum atomic E-state index is 12.1. The van der Waals surface area contributed by atoms with Crippen LogP contribution in [0.1, 0.15) is 17.4 Å². The molecule has 116 valence electrons. The second kappa shape index (κ2) is 7.14. The van der Waals surface area contributed by atoms with Gasteiger partial charge in [-0.1, -0.05) is 0 Å². The Bertz CT molecular complexity index is 852. The summed E-state index contributed by atoms with van der Waals surface area (Å²) in [5.74, 6) is -0.417. The molecule has 2 aromatic carbocycles. The summed E-state index contributed by atoms with van der Waals surface area (Å²) in [7, 11) is 0. The number of carbonyl (C=O) groups is 1. The van der Waals surface area contributed by atoms with Gasteiger partial charge in [0.15, 0.2) is 0 Å². The van der Waals surface area contributed by atoms with Crippen LogP contribution >= 0.6 is 11.6 Å². The second-order valence-electron chi connectivity index (χ2n) is 4.78. The van der Waals surface area contributed by atoms with Gasteiger partial charge < -0.3 is 0 Å². The Morgan fingerprint density at radius 1 is 1.17 bits per heavy atom. The monoisotopic (exact) mass is 391 g/mol. The van der Waals surface area contributed by atoms with Crippen molar-refractivity contribution in [2.45, 2.75) is 6.92 Å². The van der Waals surface area contributed by atoms with E-state index >= 15 is 0 Å². The summed E-state index contributed by atoms with van der Waals surface area (Å²) in [6.45, 7) is 2.10. The molecule has 0 aliphatic carbocycles. The Morgan fingerprint density at radius 2 is 1.96 bits per heavy atom. The average molecular weight is 391 g/mol. The van der Waals surface area contributed by atoms with Crippen LogP contribution in [0.3, 0.4) is 0 Å². The molecular formula is C18H14ClNO2Se. The van der Waals surface area contributed by atoms with Gasteiger partial charge in [0, 0.05) is 0 Å². The van der Waals surface area contributed by atoms with Gasteiger partial charge in [-0.05, 0) is 0 Å². The standard InChI is InChI=1S/C18H14ClNO2Se/c1-2-22-18(21)15-11-16(23-12-7-4-3-5-8-12)13-9-6-10-14(19)17(13)20-15/h3-11H,2H2,1H3. The molecule has 0 unspecified atom stereocenters. The summed E-state index contributed by atoms with van der Waals surface area (Å²) in [4.78, 5) is 16.5. The number of carbonyl (C=O) groups excluding carboxylic acids is 1. The molecule has 0 bridgehead atoms. The number of rotatable bonds is 4. The first kappa shape index (κ1) is 16.0. The molecule has 0 spiro atoms. The van der Waals surface area contributed by atoms with Crippen molar-refractivity contribution in [1.82, 2.24) is 4.98 Å². The molecular weight excluding hydrogens is 377 g/mol. The molecule has 0 saturated heterocycles. The zero-order valence-electron chi connectivity index (χ0n) is 12.5. The minimum atomic E-state index is -0.417. The predicted octanol–water partition coefficient (Wildman–Crippen LogP) is 2.72. The quantitative estimate of drug-likeness (QED) is 0.508. The molecule has 0 saturated carbocycles. The zero-order valence-corrected chi connectivity index (χ0v) is 14.9. The molecule has 23 heavy (non-hydrogen) atoms. The van der Waals surface area contributed by atoms with Crippen LogP contribution in [0.4, 0.5) is 0 Å². The van der Waals surface area contributed by atoms with E-state index in [4.69, 9.17) is 16.3 Å². The van der Waals surface area contributed by atoms with Crippen LogP contribution in [-0.2, 0) is 4.74 Å². The van der Waals surface area contributed by atoms with E-state index in [1.54, 1.807) is 13.0 Å². The number of aromatic nitrogens is 1. The summed E-state index contributed by atoms with van der Waals surface area (Å²) >= 11 is 6.33. The Hall–Kier alpha value is -1.87. The molecule has 0 atom stereocenters. The fraction of sp³-hybridized carbons (Fsp3) is 0.111.